The Hall–Kier alpha value is -6.56. The Balaban J connectivity index is 1.45. The predicted octanol–water partition coefficient (Wildman–Crippen LogP) is 10.3. The number of aromatic nitrogens is 3. The molecule has 2 aliphatic rings. The van der Waals surface area contributed by atoms with Gasteiger partial charge in [0.25, 0.3) is 0 Å². The molecule has 3 aromatic heterocycles. The quantitative estimate of drug-likeness (QED) is 0.196. The van der Waals surface area contributed by atoms with E-state index < -0.39 is 0 Å². The fourth-order valence-corrected chi connectivity index (χ4v) is 8.49. The predicted molar refractivity (Wildman–Crippen MR) is 199 cm³/mol. The average Bonchev–Trinajstić information content (AvgIpc) is 3.80. The molecule has 8 aromatic rings. The van der Waals surface area contributed by atoms with Gasteiger partial charge in [-0.05, 0) is 79.3 Å². The smallest absolute Gasteiger partial charge is 0.104 e. The zero-order valence-electron chi connectivity index (χ0n) is 26.7. The van der Waals surface area contributed by atoms with Crippen molar-refractivity contribution in [3.05, 3.63) is 149 Å². The summed E-state index contributed by atoms with van der Waals surface area (Å²) in [5.41, 5.74) is 11.9. The number of fused-ring (bicyclic) bond motifs is 9. The van der Waals surface area contributed by atoms with Gasteiger partial charge in [-0.3, -0.25) is 0 Å². The molecule has 0 bridgehead atoms. The number of rotatable bonds is 3. The summed E-state index contributed by atoms with van der Waals surface area (Å²) in [6, 6.07) is 41.0. The molecular weight excluding hydrogens is 599 g/mol. The molecule has 0 spiro atoms. The van der Waals surface area contributed by atoms with Gasteiger partial charge < -0.3 is 13.7 Å². The van der Waals surface area contributed by atoms with Crippen molar-refractivity contribution in [1.82, 2.24) is 13.7 Å². The van der Waals surface area contributed by atoms with E-state index in [0.717, 1.165) is 81.3 Å². The molecule has 5 nitrogen and oxygen atoms in total. The van der Waals surface area contributed by atoms with Gasteiger partial charge in [0.05, 0.1) is 39.1 Å². The van der Waals surface area contributed by atoms with Crippen LogP contribution < -0.4 is 0 Å². The van der Waals surface area contributed by atoms with Crippen LogP contribution in [0.25, 0.3) is 72.8 Å². The minimum Gasteiger partial charge on any atom is -0.308 e. The highest BCUT2D eigenvalue weighted by atomic mass is 15.1. The van der Waals surface area contributed by atoms with E-state index in [0.29, 0.717) is 16.8 Å². The number of nitriles is 2. The van der Waals surface area contributed by atoms with Gasteiger partial charge in [0.1, 0.15) is 23.3 Å². The minimum atomic E-state index is 0.468. The summed E-state index contributed by atoms with van der Waals surface area (Å²) >= 11 is 0. The number of benzene rings is 5. The van der Waals surface area contributed by atoms with E-state index in [1.807, 2.05) is 24.3 Å². The van der Waals surface area contributed by atoms with Crippen molar-refractivity contribution in [3.63, 3.8) is 0 Å². The molecule has 0 saturated carbocycles. The molecule has 0 saturated heterocycles. The number of hydrogen-bond acceptors (Lipinski definition) is 2. The van der Waals surface area contributed by atoms with Crippen LogP contribution in [0.4, 0.5) is 0 Å². The lowest BCUT2D eigenvalue weighted by molar-refractivity contribution is 0.953. The van der Waals surface area contributed by atoms with Crippen LogP contribution in [0.1, 0.15) is 46.5 Å². The van der Waals surface area contributed by atoms with Crippen LogP contribution in [0.15, 0.2) is 115 Å². The second-order valence-corrected chi connectivity index (χ2v) is 12.9. The lowest BCUT2D eigenvalue weighted by Crippen LogP contribution is -2.13. The van der Waals surface area contributed by atoms with Crippen molar-refractivity contribution in [2.45, 2.75) is 25.7 Å². The van der Waals surface area contributed by atoms with Gasteiger partial charge in [0.2, 0.25) is 0 Å². The third-order valence-electron chi connectivity index (χ3n) is 10.5. The Bertz CT molecular complexity index is 2660. The first kappa shape index (κ1) is 27.5. The van der Waals surface area contributed by atoms with Gasteiger partial charge in [0, 0.05) is 32.9 Å². The van der Waals surface area contributed by atoms with E-state index >= 15 is 0 Å². The maximum Gasteiger partial charge on any atom is 0.104 e. The molecule has 0 radical (unpaired) electrons. The molecule has 0 unspecified atom stereocenters. The zero-order chi connectivity index (χ0) is 32.6. The maximum absolute atomic E-state index is 11.3. The normalized spacial score (nSPS) is 13.6. The van der Waals surface area contributed by atoms with Gasteiger partial charge in [0.15, 0.2) is 0 Å². The zero-order valence-corrected chi connectivity index (χ0v) is 26.7. The van der Waals surface area contributed by atoms with E-state index in [2.05, 4.69) is 129 Å². The summed E-state index contributed by atoms with van der Waals surface area (Å²) in [6.07, 6.45) is 12.7. The minimum absolute atomic E-state index is 0.468. The molecule has 0 aliphatic heterocycles. The molecular formula is C44H29N5. The molecule has 0 amide bonds. The van der Waals surface area contributed by atoms with Crippen LogP contribution in [-0.4, -0.2) is 13.7 Å². The average molecular weight is 628 g/mol. The first-order chi connectivity index (χ1) is 24.3. The number of para-hydroxylation sites is 4. The van der Waals surface area contributed by atoms with Gasteiger partial charge >= 0.3 is 0 Å². The third kappa shape index (κ3) is 3.73. The summed E-state index contributed by atoms with van der Waals surface area (Å²) < 4.78 is 6.67. The molecule has 230 valence electrons. The second-order valence-electron chi connectivity index (χ2n) is 12.9. The van der Waals surface area contributed by atoms with E-state index in [4.69, 9.17) is 0 Å². The van der Waals surface area contributed by atoms with Crippen LogP contribution in [-0.2, 0) is 12.8 Å². The molecule has 5 aromatic carbocycles. The van der Waals surface area contributed by atoms with Crippen LogP contribution in [0, 0.1) is 22.7 Å². The van der Waals surface area contributed by atoms with Crippen molar-refractivity contribution in [1.29, 1.82) is 10.5 Å². The lowest BCUT2D eigenvalue weighted by Gasteiger charge is -2.22. The molecule has 2 aliphatic carbocycles. The lowest BCUT2D eigenvalue weighted by atomic mass is 9.99. The number of allylic oxidation sites excluding steroid dienone is 2. The highest BCUT2D eigenvalue weighted by Gasteiger charge is 2.29. The summed E-state index contributed by atoms with van der Waals surface area (Å²) in [4.78, 5) is 0. The molecule has 10 rings (SSSR count). The summed E-state index contributed by atoms with van der Waals surface area (Å²) in [6.45, 7) is 0. The number of nitrogens with zero attached hydrogens (tertiary/aromatic N) is 5. The Morgan fingerprint density at radius 3 is 1.29 bits per heavy atom. The van der Waals surface area contributed by atoms with Crippen molar-refractivity contribution in [2.75, 3.05) is 0 Å². The van der Waals surface area contributed by atoms with Gasteiger partial charge in [-0.1, -0.05) is 84.9 Å². The first-order valence-corrected chi connectivity index (χ1v) is 16.9. The summed E-state index contributed by atoms with van der Waals surface area (Å²) in [5, 5.41) is 27.2. The van der Waals surface area contributed by atoms with Crippen LogP contribution in [0.5, 0.6) is 0 Å². The van der Waals surface area contributed by atoms with Gasteiger partial charge in [-0.25, -0.2) is 0 Å². The van der Waals surface area contributed by atoms with Crippen LogP contribution >= 0.6 is 0 Å². The molecule has 3 heterocycles. The highest BCUT2D eigenvalue weighted by molar-refractivity contribution is 6.10. The standard InChI is InChI=1S/C44H29N5/c45-26-34-42(47-36-19-7-1-13-28(36)29-14-2-8-20-37(29)47)25-43(48-38-21-9-3-15-30(38)31-16-4-10-22-39(31)48)35(27-46)44(34)49-40-23-11-5-17-32(40)33-18-6-12-24-41(33)49/h1,3,5-13,15,17-25H,2,4,14,16H2. The summed E-state index contributed by atoms with van der Waals surface area (Å²) in [5.74, 6) is 0. The fraction of sp³-hybridized carbons (Fsp3) is 0.0909. The monoisotopic (exact) mass is 627 g/mol. The van der Waals surface area contributed by atoms with E-state index in [1.54, 1.807) is 0 Å². The first-order valence-electron chi connectivity index (χ1n) is 16.9. The Morgan fingerprint density at radius 1 is 0.469 bits per heavy atom. The van der Waals surface area contributed by atoms with Gasteiger partial charge in [-0.2, -0.15) is 10.5 Å². The van der Waals surface area contributed by atoms with E-state index in [1.165, 1.54) is 21.9 Å². The Kier molecular flexibility index (Phi) is 5.89. The molecule has 0 N–H and O–H groups in total. The van der Waals surface area contributed by atoms with Crippen molar-refractivity contribution >= 4 is 55.8 Å². The molecule has 0 fully saturated rings. The largest absolute Gasteiger partial charge is 0.308 e. The Morgan fingerprint density at radius 2 is 0.857 bits per heavy atom. The molecule has 0 atom stereocenters. The Labute approximate surface area is 283 Å². The maximum atomic E-state index is 11.3. The number of hydrogen-bond donors (Lipinski definition) is 0. The SMILES string of the molecule is N#Cc1c(-n2c3c(c4ccccc42)CCC=C3)cc(-n2c3c(c4ccccc42)CCC=C3)c(C#N)c1-n1c2ccccc2c2ccccc21. The second kappa shape index (κ2) is 10.5. The number of aryl methyl sites for hydroxylation is 2. The topological polar surface area (TPSA) is 62.4 Å². The van der Waals surface area contributed by atoms with Crippen molar-refractivity contribution < 1.29 is 0 Å². The van der Waals surface area contributed by atoms with E-state index in [-0.39, 0.29) is 0 Å². The molecule has 49 heavy (non-hydrogen) atoms. The van der Waals surface area contributed by atoms with Crippen molar-refractivity contribution in [2.24, 2.45) is 0 Å². The van der Waals surface area contributed by atoms with Crippen LogP contribution in [0.3, 0.4) is 0 Å². The summed E-state index contributed by atoms with van der Waals surface area (Å²) in [7, 11) is 0. The fourth-order valence-electron chi connectivity index (χ4n) is 8.49. The third-order valence-corrected chi connectivity index (χ3v) is 10.5. The van der Waals surface area contributed by atoms with Crippen molar-refractivity contribution in [3.8, 4) is 29.2 Å². The van der Waals surface area contributed by atoms with Crippen LogP contribution in [0.2, 0.25) is 0 Å². The van der Waals surface area contributed by atoms with E-state index in [9.17, 15) is 10.5 Å². The highest BCUT2D eigenvalue weighted by Crippen LogP contribution is 2.43. The van der Waals surface area contributed by atoms with Gasteiger partial charge in [-0.15, -0.1) is 0 Å². The molecule has 5 heteroatoms.